The molecule has 1 rings (SSSR count). The van der Waals surface area contributed by atoms with Gasteiger partial charge in [-0.05, 0) is 37.9 Å². The molecule has 0 fully saturated rings. The Morgan fingerprint density at radius 1 is 1.31 bits per heavy atom. The molecule has 0 aliphatic heterocycles. The molecule has 0 aromatic carbocycles. The molecule has 16 heavy (non-hydrogen) atoms. The standard InChI is InChI=1S/C9H11Br2NO3S/c10-6-5-7(16-8(6)11)9(15)12(1-3-13)2-4-14/h5,13-14H,1-4H2. The number of carbonyl (C=O) groups is 1. The highest BCUT2D eigenvalue weighted by atomic mass is 79.9. The Bertz CT molecular complexity index is 344. The van der Waals surface area contributed by atoms with Crippen LogP contribution in [-0.4, -0.2) is 47.3 Å². The Kier molecular flexibility index (Phi) is 5.91. The molecule has 0 atom stereocenters. The van der Waals surface area contributed by atoms with Gasteiger partial charge in [0.25, 0.3) is 5.91 Å². The first kappa shape index (κ1) is 14.1. The molecule has 7 heteroatoms. The molecule has 1 aromatic rings. The number of rotatable bonds is 5. The minimum Gasteiger partial charge on any atom is -0.395 e. The van der Waals surface area contributed by atoms with Crippen molar-refractivity contribution < 1.29 is 15.0 Å². The van der Waals surface area contributed by atoms with Crippen molar-refractivity contribution in [3.63, 3.8) is 0 Å². The number of aliphatic hydroxyl groups is 2. The van der Waals surface area contributed by atoms with Gasteiger partial charge in [-0.15, -0.1) is 11.3 Å². The number of thiophene rings is 1. The van der Waals surface area contributed by atoms with Crippen molar-refractivity contribution in [1.29, 1.82) is 0 Å². The van der Waals surface area contributed by atoms with E-state index in [4.69, 9.17) is 10.2 Å². The highest BCUT2D eigenvalue weighted by molar-refractivity contribution is 9.13. The van der Waals surface area contributed by atoms with Crippen LogP contribution in [0.4, 0.5) is 0 Å². The number of hydrogen-bond acceptors (Lipinski definition) is 4. The van der Waals surface area contributed by atoms with Crippen LogP contribution in [0.3, 0.4) is 0 Å². The van der Waals surface area contributed by atoms with Crippen LogP contribution in [0.5, 0.6) is 0 Å². The van der Waals surface area contributed by atoms with Crippen molar-refractivity contribution in [2.75, 3.05) is 26.3 Å². The summed E-state index contributed by atoms with van der Waals surface area (Å²) in [5.41, 5.74) is 0. The van der Waals surface area contributed by atoms with E-state index in [9.17, 15) is 4.79 Å². The number of halogens is 2. The zero-order chi connectivity index (χ0) is 12.1. The second kappa shape index (κ2) is 6.70. The monoisotopic (exact) mass is 371 g/mol. The average molecular weight is 373 g/mol. The lowest BCUT2D eigenvalue weighted by Crippen LogP contribution is -2.35. The molecule has 90 valence electrons. The molecule has 0 saturated heterocycles. The van der Waals surface area contributed by atoms with Crippen LogP contribution < -0.4 is 0 Å². The zero-order valence-electron chi connectivity index (χ0n) is 8.32. The number of aliphatic hydroxyl groups excluding tert-OH is 2. The summed E-state index contributed by atoms with van der Waals surface area (Å²) in [7, 11) is 0. The van der Waals surface area contributed by atoms with Gasteiger partial charge >= 0.3 is 0 Å². The van der Waals surface area contributed by atoms with Gasteiger partial charge in [-0.25, -0.2) is 0 Å². The van der Waals surface area contributed by atoms with Gasteiger partial charge in [-0.2, -0.15) is 0 Å². The highest BCUT2D eigenvalue weighted by Crippen LogP contribution is 2.32. The maximum absolute atomic E-state index is 12.0. The predicted octanol–water partition coefficient (Wildman–Crippen LogP) is 1.70. The number of carbonyl (C=O) groups excluding carboxylic acids is 1. The fourth-order valence-corrected chi connectivity index (χ4v) is 3.17. The van der Waals surface area contributed by atoms with Crippen LogP contribution in [0.2, 0.25) is 0 Å². The smallest absolute Gasteiger partial charge is 0.264 e. The minimum atomic E-state index is -0.181. The van der Waals surface area contributed by atoms with Crippen molar-refractivity contribution in [1.82, 2.24) is 4.90 Å². The third-order valence-corrected chi connectivity index (χ3v) is 5.13. The summed E-state index contributed by atoms with van der Waals surface area (Å²) in [6.45, 7) is 0.234. The summed E-state index contributed by atoms with van der Waals surface area (Å²) in [5.74, 6) is -0.181. The molecule has 1 aromatic heterocycles. The summed E-state index contributed by atoms with van der Waals surface area (Å²) < 4.78 is 1.68. The molecule has 4 nitrogen and oxygen atoms in total. The lowest BCUT2D eigenvalue weighted by molar-refractivity contribution is 0.0689. The Morgan fingerprint density at radius 2 is 1.88 bits per heavy atom. The van der Waals surface area contributed by atoms with E-state index < -0.39 is 0 Å². The molecule has 1 heterocycles. The van der Waals surface area contributed by atoms with Gasteiger partial charge in [-0.3, -0.25) is 4.79 Å². The quantitative estimate of drug-likeness (QED) is 0.826. The molecule has 1 amide bonds. The van der Waals surface area contributed by atoms with E-state index in [0.29, 0.717) is 4.88 Å². The van der Waals surface area contributed by atoms with Crippen LogP contribution in [0.15, 0.2) is 14.3 Å². The van der Waals surface area contributed by atoms with Crippen LogP contribution in [0, 0.1) is 0 Å². The molecule has 0 bridgehead atoms. The summed E-state index contributed by atoms with van der Waals surface area (Å²) in [4.78, 5) is 14.0. The first-order chi connectivity index (χ1) is 7.60. The fourth-order valence-electron chi connectivity index (χ4n) is 1.16. The van der Waals surface area contributed by atoms with Gasteiger partial charge in [0.1, 0.15) is 0 Å². The van der Waals surface area contributed by atoms with Gasteiger partial charge < -0.3 is 15.1 Å². The van der Waals surface area contributed by atoms with Crippen LogP contribution in [0.1, 0.15) is 9.67 Å². The van der Waals surface area contributed by atoms with Crippen molar-refractivity contribution in [3.05, 3.63) is 19.2 Å². The minimum absolute atomic E-state index is 0.112. The maximum Gasteiger partial charge on any atom is 0.264 e. The first-order valence-electron chi connectivity index (χ1n) is 4.56. The van der Waals surface area contributed by atoms with Crippen molar-refractivity contribution >= 4 is 49.1 Å². The normalized spacial score (nSPS) is 10.5. The second-order valence-electron chi connectivity index (χ2n) is 2.97. The van der Waals surface area contributed by atoms with E-state index in [-0.39, 0.29) is 32.2 Å². The largest absolute Gasteiger partial charge is 0.395 e. The average Bonchev–Trinajstić information content (AvgIpc) is 2.58. The highest BCUT2D eigenvalue weighted by Gasteiger charge is 2.18. The van der Waals surface area contributed by atoms with Crippen molar-refractivity contribution in [2.24, 2.45) is 0 Å². The SMILES string of the molecule is O=C(c1cc(Br)c(Br)s1)N(CCO)CCO. The van der Waals surface area contributed by atoms with Gasteiger partial charge in [0.2, 0.25) is 0 Å². The molecule has 0 saturated carbocycles. The lowest BCUT2D eigenvalue weighted by Gasteiger charge is -2.19. The second-order valence-corrected chi connectivity index (χ2v) is 6.20. The van der Waals surface area contributed by atoms with E-state index in [1.807, 2.05) is 0 Å². The predicted molar refractivity (Wildman–Crippen MR) is 69.8 cm³/mol. The van der Waals surface area contributed by atoms with Crippen LogP contribution in [-0.2, 0) is 0 Å². The van der Waals surface area contributed by atoms with E-state index in [1.54, 1.807) is 6.07 Å². The number of amides is 1. The van der Waals surface area contributed by atoms with Gasteiger partial charge in [0, 0.05) is 17.6 Å². The molecular formula is C9H11Br2NO3S. The Balaban J connectivity index is 2.81. The fraction of sp³-hybridized carbons (Fsp3) is 0.444. The zero-order valence-corrected chi connectivity index (χ0v) is 12.3. The molecule has 0 radical (unpaired) electrons. The van der Waals surface area contributed by atoms with Crippen LogP contribution >= 0.6 is 43.2 Å². The summed E-state index contributed by atoms with van der Waals surface area (Å²) in [6, 6.07) is 1.72. The molecule has 0 aliphatic carbocycles. The third-order valence-electron chi connectivity index (χ3n) is 1.88. The van der Waals surface area contributed by atoms with E-state index in [1.165, 1.54) is 16.2 Å². The van der Waals surface area contributed by atoms with Crippen molar-refractivity contribution in [3.8, 4) is 0 Å². The van der Waals surface area contributed by atoms with Gasteiger partial charge in [0.15, 0.2) is 0 Å². The molecule has 0 unspecified atom stereocenters. The Morgan fingerprint density at radius 3 is 2.25 bits per heavy atom. The third kappa shape index (κ3) is 3.53. The molecule has 0 aliphatic rings. The van der Waals surface area contributed by atoms with Crippen molar-refractivity contribution in [2.45, 2.75) is 0 Å². The molecule has 0 spiro atoms. The Hall–Kier alpha value is 0.0500. The maximum atomic E-state index is 12.0. The summed E-state index contributed by atoms with van der Waals surface area (Å²) in [5, 5.41) is 17.7. The lowest BCUT2D eigenvalue weighted by atomic mass is 10.4. The first-order valence-corrected chi connectivity index (χ1v) is 6.96. The topological polar surface area (TPSA) is 60.8 Å². The van der Waals surface area contributed by atoms with E-state index in [0.717, 1.165) is 8.26 Å². The number of nitrogens with zero attached hydrogens (tertiary/aromatic N) is 1. The van der Waals surface area contributed by atoms with E-state index in [2.05, 4.69) is 31.9 Å². The number of hydrogen-bond donors (Lipinski definition) is 2. The van der Waals surface area contributed by atoms with Crippen LogP contribution in [0.25, 0.3) is 0 Å². The van der Waals surface area contributed by atoms with E-state index >= 15 is 0 Å². The van der Waals surface area contributed by atoms with Gasteiger partial charge in [0.05, 0.1) is 21.9 Å². The molecule has 2 N–H and O–H groups in total. The molecular weight excluding hydrogens is 362 g/mol. The van der Waals surface area contributed by atoms with Gasteiger partial charge in [-0.1, -0.05) is 0 Å². The summed E-state index contributed by atoms with van der Waals surface area (Å²) >= 11 is 7.94. The summed E-state index contributed by atoms with van der Waals surface area (Å²) in [6.07, 6.45) is 0. The Labute approximate surface area is 114 Å².